The van der Waals surface area contributed by atoms with Gasteiger partial charge < -0.3 is 14.7 Å². The fraction of sp³-hybridized carbons (Fsp3) is 0.417. The number of nitrogens with zero attached hydrogens (tertiary/aromatic N) is 4. The molecule has 1 aliphatic rings. The van der Waals surface area contributed by atoms with E-state index in [1.165, 1.54) is 0 Å². The van der Waals surface area contributed by atoms with E-state index in [9.17, 15) is 4.79 Å². The first-order valence-corrected chi connectivity index (χ1v) is 6.12. The van der Waals surface area contributed by atoms with Crippen molar-refractivity contribution in [1.82, 2.24) is 14.6 Å². The van der Waals surface area contributed by atoms with Crippen LogP contribution in [-0.4, -0.2) is 52.0 Å². The summed E-state index contributed by atoms with van der Waals surface area (Å²) in [5.41, 5.74) is 1.17. The van der Waals surface area contributed by atoms with Gasteiger partial charge >= 0.3 is 5.97 Å². The Morgan fingerprint density at radius 3 is 2.89 bits per heavy atom. The van der Waals surface area contributed by atoms with E-state index in [4.69, 9.17) is 9.84 Å². The fourth-order valence-electron chi connectivity index (χ4n) is 2.12. The van der Waals surface area contributed by atoms with Crippen LogP contribution in [0.25, 0.3) is 5.65 Å². The molecule has 0 saturated carbocycles. The van der Waals surface area contributed by atoms with E-state index in [2.05, 4.69) is 15.0 Å². The Bertz CT molecular complexity index is 604. The lowest BCUT2D eigenvalue weighted by Gasteiger charge is -2.27. The SMILES string of the molecule is O=C(O)Cc1cn2nc(N3CCOCC3)ccc2n1. The average molecular weight is 262 g/mol. The lowest BCUT2D eigenvalue weighted by molar-refractivity contribution is -0.136. The third-order valence-electron chi connectivity index (χ3n) is 3.02. The summed E-state index contributed by atoms with van der Waals surface area (Å²) in [4.78, 5) is 17.0. The number of carboxylic acids is 1. The van der Waals surface area contributed by atoms with Crippen molar-refractivity contribution >= 4 is 17.4 Å². The number of rotatable bonds is 3. The second-order valence-corrected chi connectivity index (χ2v) is 4.40. The van der Waals surface area contributed by atoms with Gasteiger partial charge in [0.15, 0.2) is 5.65 Å². The van der Waals surface area contributed by atoms with Crippen molar-refractivity contribution in [3.05, 3.63) is 24.0 Å². The van der Waals surface area contributed by atoms with Crippen LogP contribution in [-0.2, 0) is 16.0 Å². The number of morpholine rings is 1. The van der Waals surface area contributed by atoms with Gasteiger partial charge in [0.2, 0.25) is 0 Å². The van der Waals surface area contributed by atoms with Gasteiger partial charge in [0.05, 0.1) is 31.5 Å². The van der Waals surface area contributed by atoms with Crippen molar-refractivity contribution in [2.24, 2.45) is 0 Å². The molecule has 0 aliphatic carbocycles. The first-order chi connectivity index (χ1) is 9.22. The summed E-state index contributed by atoms with van der Waals surface area (Å²) in [6.07, 6.45) is 1.57. The third kappa shape index (κ3) is 2.50. The lowest BCUT2D eigenvalue weighted by atomic mass is 10.3. The van der Waals surface area contributed by atoms with Gasteiger partial charge in [-0.25, -0.2) is 9.50 Å². The van der Waals surface area contributed by atoms with Gasteiger partial charge in [-0.15, -0.1) is 5.10 Å². The molecule has 2 aromatic rings. The molecule has 7 heteroatoms. The number of hydrogen-bond acceptors (Lipinski definition) is 5. The number of carboxylic acid groups (broad SMARTS) is 1. The first-order valence-electron chi connectivity index (χ1n) is 6.12. The maximum absolute atomic E-state index is 10.7. The summed E-state index contributed by atoms with van der Waals surface area (Å²) in [6, 6.07) is 3.75. The largest absolute Gasteiger partial charge is 0.481 e. The van der Waals surface area contributed by atoms with Crippen molar-refractivity contribution in [3.8, 4) is 0 Å². The summed E-state index contributed by atoms with van der Waals surface area (Å²) in [6.45, 7) is 3.03. The molecule has 3 heterocycles. The number of aliphatic carboxylic acids is 1. The zero-order valence-electron chi connectivity index (χ0n) is 10.3. The molecule has 7 nitrogen and oxygen atoms in total. The summed E-state index contributed by atoms with van der Waals surface area (Å²) in [5, 5.41) is 13.2. The van der Waals surface area contributed by atoms with Crippen LogP contribution in [0.5, 0.6) is 0 Å². The molecule has 1 fully saturated rings. The maximum atomic E-state index is 10.7. The van der Waals surface area contributed by atoms with Crippen LogP contribution < -0.4 is 4.90 Å². The Balaban J connectivity index is 1.89. The minimum atomic E-state index is -0.892. The lowest BCUT2D eigenvalue weighted by Crippen LogP contribution is -2.36. The topological polar surface area (TPSA) is 80.0 Å². The molecule has 0 radical (unpaired) electrons. The number of aromatic nitrogens is 3. The van der Waals surface area contributed by atoms with E-state index >= 15 is 0 Å². The molecule has 0 atom stereocenters. The zero-order chi connectivity index (χ0) is 13.2. The number of ether oxygens (including phenoxy) is 1. The monoisotopic (exact) mass is 262 g/mol. The average Bonchev–Trinajstić information content (AvgIpc) is 2.79. The summed E-state index contributed by atoms with van der Waals surface area (Å²) >= 11 is 0. The van der Waals surface area contributed by atoms with E-state index in [0.29, 0.717) is 24.6 Å². The number of anilines is 1. The summed E-state index contributed by atoms with van der Waals surface area (Å²) in [7, 11) is 0. The molecule has 0 aromatic carbocycles. The molecule has 0 spiro atoms. The third-order valence-corrected chi connectivity index (χ3v) is 3.02. The molecule has 2 aromatic heterocycles. The van der Waals surface area contributed by atoms with Crippen molar-refractivity contribution in [1.29, 1.82) is 0 Å². The molecule has 3 rings (SSSR count). The van der Waals surface area contributed by atoms with E-state index in [1.807, 2.05) is 12.1 Å². The standard InChI is InChI=1S/C12H14N4O3/c17-12(18)7-9-8-16-10(13-9)1-2-11(14-16)15-3-5-19-6-4-15/h1-2,8H,3-7H2,(H,17,18). The smallest absolute Gasteiger partial charge is 0.309 e. The predicted molar refractivity (Wildman–Crippen MR) is 67.4 cm³/mol. The van der Waals surface area contributed by atoms with Crippen molar-refractivity contribution < 1.29 is 14.6 Å². The number of imidazole rings is 1. The van der Waals surface area contributed by atoms with Crippen molar-refractivity contribution in [2.45, 2.75) is 6.42 Å². The second-order valence-electron chi connectivity index (χ2n) is 4.40. The van der Waals surface area contributed by atoms with Crippen LogP contribution in [0.4, 0.5) is 5.82 Å². The first kappa shape index (κ1) is 11.9. The van der Waals surface area contributed by atoms with Gasteiger partial charge in [-0.3, -0.25) is 4.79 Å². The number of fused-ring (bicyclic) bond motifs is 1. The Hall–Kier alpha value is -2.15. The molecule has 0 amide bonds. The Labute approximate surface area is 109 Å². The Morgan fingerprint density at radius 2 is 2.16 bits per heavy atom. The van der Waals surface area contributed by atoms with Crippen molar-refractivity contribution in [3.63, 3.8) is 0 Å². The highest BCUT2D eigenvalue weighted by Crippen LogP contribution is 2.14. The highest BCUT2D eigenvalue weighted by atomic mass is 16.5. The molecule has 1 saturated heterocycles. The van der Waals surface area contributed by atoms with E-state index in [-0.39, 0.29) is 6.42 Å². The molecule has 19 heavy (non-hydrogen) atoms. The molecule has 1 aliphatic heterocycles. The van der Waals surface area contributed by atoms with Crippen LogP contribution in [0.15, 0.2) is 18.3 Å². The Kier molecular flexibility index (Phi) is 3.04. The van der Waals surface area contributed by atoms with Crippen LogP contribution in [0.2, 0.25) is 0 Å². The molecule has 0 bridgehead atoms. The number of carbonyl (C=O) groups is 1. The van der Waals surface area contributed by atoms with Gasteiger partial charge in [-0.1, -0.05) is 0 Å². The highest BCUT2D eigenvalue weighted by Gasteiger charge is 2.14. The van der Waals surface area contributed by atoms with Gasteiger partial charge in [0.25, 0.3) is 0 Å². The quantitative estimate of drug-likeness (QED) is 0.850. The molecular weight excluding hydrogens is 248 g/mol. The van der Waals surface area contributed by atoms with Gasteiger partial charge in [0.1, 0.15) is 5.82 Å². The van der Waals surface area contributed by atoms with Crippen LogP contribution in [0.1, 0.15) is 5.69 Å². The van der Waals surface area contributed by atoms with Gasteiger partial charge in [0, 0.05) is 13.1 Å². The van der Waals surface area contributed by atoms with Crippen LogP contribution >= 0.6 is 0 Å². The molecule has 100 valence electrons. The minimum absolute atomic E-state index is 0.0871. The van der Waals surface area contributed by atoms with Crippen LogP contribution in [0, 0.1) is 0 Å². The van der Waals surface area contributed by atoms with Gasteiger partial charge in [-0.05, 0) is 12.1 Å². The predicted octanol–water partition coefficient (Wildman–Crippen LogP) is 0.193. The molecular formula is C12H14N4O3. The molecule has 0 unspecified atom stereocenters. The zero-order valence-corrected chi connectivity index (χ0v) is 10.3. The van der Waals surface area contributed by atoms with E-state index < -0.39 is 5.97 Å². The van der Waals surface area contributed by atoms with Crippen LogP contribution in [0.3, 0.4) is 0 Å². The molecule has 1 N–H and O–H groups in total. The van der Waals surface area contributed by atoms with Gasteiger partial charge in [-0.2, -0.15) is 0 Å². The number of hydrogen-bond donors (Lipinski definition) is 1. The summed E-state index contributed by atoms with van der Waals surface area (Å²) in [5.74, 6) is -0.0353. The minimum Gasteiger partial charge on any atom is -0.481 e. The normalized spacial score (nSPS) is 15.9. The van der Waals surface area contributed by atoms with E-state index in [0.717, 1.165) is 18.9 Å². The van der Waals surface area contributed by atoms with E-state index in [1.54, 1.807) is 10.7 Å². The maximum Gasteiger partial charge on any atom is 0.309 e. The van der Waals surface area contributed by atoms with Crippen molar-refractivity contribution in [2.75, 3.05) is 31.2 Å². The second kappa shape index (κ2) is 4.85. The highest BCUT2D eigenvalue weighted by molar-refractivity contribution is 5.69. The fourth-order valence-corrected chi connectivity index (χ4v) is 2.12. The Morgan fingerprint density at radius 1 is 1.37 bits per heavy atom. The summed E-state index contributed by atoms with van der Waals surface area (Å²) < 4.78 is 6.93.